The predicted octanol–water partition coefficient (Wildman–Crippen LogP) is 5.99. The molecule has 0 spiro atoms. The van der Waals surface area contributed by atoms with Gasteiger partial charge in [-0.15, -0.1) is 0 Å². The van der Waals surface area contributed by atoms with Crippen LogP contribution in [-0.4, -0.2) is 34.2 Å². The van der Waals surface area contributed by atoms with Crippen molar-refractivity contribution in [3.63, 3.8) is 0 Å². The van der Waals surface area contributed by atoms with Crippen LogP contribution in [0, 0.1) is 11.8 Å². The topological polar surface area (TPSA) is 78.1 Å². The molecule has 4 aromatic carbocycles. The fraction of sp³-hybridized carbons (Fsp3) is 0.286. The molecule has 0 radical (unpaired) electrons. The zero-order valence-electron chi connectivity index (χ0n) is 24.2. The molecule has 42 heavy (non-hydrogen) atoms. The van der Waals surface area contributed by atoms with E-state index in [0.29, 0.717) is 0 Å². The minimum absolute atomic E-state index is 0.203. The molecule has 7 nitrogen and oxygen atoms in total. The summed E-state index contributed by atoms with van der Waals surface area (Å²) < 4.78 is 22.3. The van der Waals surface area contributed by atoms with Crippen LogP contribution in [0.2, 0.25) is 0 Å². The van der Waals surface area contributed by atoms with Gasteiger partial charge in [0.05, 0.1) is 40.3 Å². The summed E-state index contributed by atoms with van der Waals surface area (Å²) in [6, 6.07) is 30.8. The second kappa shape index (κ2) is 11.9. The fourth-order valence-electron chi connectivity index (χ4n) is 6.62. The Labute approximate surface area is 246 Å². The third kappa shape index (κ3) is 5.10. The van der Waals surface area contributed by atoms with Crippen molar-refractivity contribution in [2.45, 2.75) is 24.2 Å². The molecule has 216 valence electrons. The lowest BCUT2D eigenvalue weighted by Gasteiger charge is -2.52. The summed E-state index contributed by atoms with van der Waals surface area (Å²) in [5, 5.41) is 7.89. The Kier molecular flexibility index (Phi) is 7.87. The van der Waals surface area contributed by atoms with Crippen molar-refractivity contribution in [1.82, 2.24) is 10.6 Å². The molecule has 0 unspecified atom stereocenters. The highest BCUT2D eigenvalue weighted by Crippen LogP contribution is 2.52. The van der Waals surface area contributed by atoms with Crippen LogP contribution in [0.4, 0.5) is 0 Å². The molecule has 2 heterocycles. The highest BCUT2D eigenvalue weighted by atomic mass is 16.5. The summed E-state index contributed by atoms with van der Waals surface area (Å²) in [4.78, 5) is 15.0. The fourth-order valence-corrected chi connectivity index (χ4v) is 6.62. The van der Waals surface area contributed by atoms with E-state index in [-0.39, 0.29) is 30.0 Å². The van der Waals surface area contributed by atoms with E-state index in [9.17, 15) is 4.79 Å². The second-order valence-corrected chi connectivity index (χ2v) is 10.8. The van der Waals surface area contributed by atoms with Gasteiger partial charge in [0.2, 0.25) is 0 Å². The molecule has 2 N–H and O–H groups in total. The molecule has 0 aromatic heterocycles. The molecule has 0 saturated carbocycles. The lowest BCUT2D eigenvalue weighted by Crippen LogP contribution is -2.60. The molecule has 2 aliphatic rings. The molecule has 2 aliphatic heterocycles. The average Bonchev–Trinajstić information content (AvgIpc) is 3.05. The number of ether oxygens (including phenoxy) is 4. The van der Waals surface area contributed by atoms with Crippen LogP contribution in [0.25, 0.3) is 0 Å². The molecular formula is C35H36N2O5. The molecular weight excluding hydrogens is 528 g/mol. The number of hydrogen-bond donors (Lipinski definition) is 2. The third-order valence-electron chi connectivity index (χ3n) is 8.62. The molecule has 2 bridgehead atoms. The number of Topliss-reactive ketones (excluding diaryl/α,β-unsaturated/α-hetero) is 1. The first-order valence-electron chi connectivity index (χ1n) is 14.2. The molecule has 2 fully saturated rings. The van der Waals surface area contributed by atoms with E-state index in [1.807, 2.05) is 72.8 Å². The van der Waals surface area contributed by atoms with Crippen molar-refractivity contribution in [2.75, 3.05) is 28.4 Å². The van der Waals surface area contributed by atoms with Crippen molar-refractivity contribution < 1.29 is 23.7 Å². The van der Waals surface area contributed by atoms with Gasteiger partial charge in [-0.25, -0.2) is 0 Å². The highest BCUT2D eigenvalue weighted by Gasteiger charge is 2.55. The van der Waals surface area contributed by atoms with E-state index >= 15 is 0 Å². The van der Waals surface area contributed by atoms with E-state index in [4.69, 9.17) is 18.9 Å². The van der Waals surface area contributed by atoms with Gasteiger partial charge < -0.3 is 29.6 Å². The van der Waals surface area contributed by atoms with Gasteiger partial charge >= 0.3 is 0 Å². The smallest absolute Gasteiger partial charge is 0.146 e. The van der Waals surface area contributed by atoms with Crippen LogP contribution in [0.3, 0.4) is 0 Å². The van der Waals surface area contributed by atoms with E-state index in [2.05, 4.69) is 34.9 Å². The Hall–Kier alpha value is -4.33. The summed E-state index contributed by atoms with van der Waals surface area (Å²) >= 11 is 0. The van der Waals surface area contributed by atoms with Crippen LogP contribution in [-0.2, 0) is 4.79 Å². The van der Waals surface area contributed by atoms with Gasteiger partial charge in [-0.2, -0.15) is 0 Å². The standard InChI is InChI=1S/C35H36N2O5/c1-39-25-13-5-9-21(17-25)31-29-32(22-10-6-14-26(18-22)40-2)37-34(24-12-8-16-28(20-24)42-4)30(35(29)38)33(36-31)23-11-7-15-27(19-23)41-3/h5-20,29-34,36-37H,1-4H3/t29?,30?,31-,32-,33+,34+. The first-order valence-corrected chi connectivity index (χ1v) is 14.2. The molecule has 0 aliphatic carbocycles. The van der Waals surface area contributed by atoms with Crippen molar-refractivity contribution in [3.05, 3.63) is 119 Å². The van der Waals surface area contributed by atoms with E-state index in [1.165, 1.54) is 0 Å². The number of methoxy groups -OCH3 is 4. The van der Waals surface area contributed by atoms with Gasteiger partial charge in [-0.05, 0) is 70.8 Å². The number of hydrogen-bond acceptors (Lipinski definition) is 7. The van der Waals surface area contributed by atoms with Crippen molar-refractivity contribution in [1.29, 1.82) is 0 Å². The van der Waals surface area contributed by atoms with Crippen LogP contribution in [0.1, 0.15) is 46.4 Å². The van der Waals surface area contributed by atoms with Crippen LogP contribution in [0.5, 0.6) is 23.0 Å². The van der Waals surface area contributed by atoms with Crippen LogP contribution in [0.15, 0.2) is 97.1 Å². The van der Waals surface area contributed by atoms with E-state index < -0.39 is 11.8 Å². The maximum Gasteiger partial charge on any atom is 0.146 e. The molecule has 4 aromatic rings. The van der Waals surface area contributed by atoms with Gasteiger partial charge in [0, 0.05) is 24.2 Å². The van der Waals surface area contributed by atoms with Gasteiger partial charge in [0.25, 0.3) is 0 Å². The lowest BCUT2D eigenvalue weighted by atomic mass is 9.64. The summed E-state index contributed by atoms with van der Waals surface area (Å²) in [7, 11) is 6.64. The number of carbonyl (C=O) groups is 1. The second-order valence-electron chi connectivity index (χ2n) is 10.8. The zero-order chi connectivity index (χ0) is 29.2. The number of ketones is 1. The van der Waals surface area contributed by atoms with Gasteiger partial charge in [-0.1, -0.05) is 48.5 Å². The molecule has 0 amide bonds. The van der Waals surface area contributed by atoms with Gasteiger partial charge in [0.15, 0.2) is 0 Å². The van der Waals surface area contributed by atoms with Crippen LogP contribution < -0.4 is 29.6 Å². The Morgan fingerprint density at radius 2 is 0.714 bits per heavy atom. The maximum atomic E-state index is 15.0. The Morgan fingerprint density at radius 1 is 0.452 bits per heavy atom. The van der Waals surface area contributed by atoms with Gasteiger partial charge in [0.1, 0.15) is 28.8 Å². The van der Waals surface area contributed by atoms with Crippen molar-refractivity contribution in [3.8, 4) is 23.0 Å². The number of benzene rings is 4. The summed E-state index contributed by atoms with van der Waals surface area (Å²) in [5.41, 5.74) is 3.98. The number of piperidine rings is 2. The number of fused-ring (bicyclic) bond motifs is 2. The van der Waals surface area contributed by atoms with Crippen molar-refractivity contribution in [2.24, 2.45) is 11.8 Å². The van der Waals surface area contributed by atoms with Crippen LogP contribution >= 0.6 is 0 Å². The molecule has 7 heteroatoms. The Bertz CT molecular complexity index is 1350. The largest absolute Gasteiger partial charge is 0.497 e. The lowest BCUT2D eigenvalue weighted by molar-refractivity contribution is -0.139. The molecule has 6 rings (SSSR count). The Balaban J connectivity index is 1.54. The zero-order valence-corrected chi connectivity index (χ0v) is 24.2. The predicted molar refractivity (Wildman–Crippen MR) is 161 cm³/mol. The minimum Gasteiger partial charge on any atom is -0.497 e. The third-order valence-corrected chi connectivity index (χ3v) is 8.62. The highest BCUT2D eigenvalue weighted by molar-refractivity contribution is 5.89. The maximum absolute atomic E-state index is 15.0. The first kappa shape index (κ1) is 27.8. The van der Waals surface area contributed by atoms with Gasteiger partial charge in [-0.3, -0.25) is 4.79 Å². The quantitative estimate of drug-likeness (QED) is 0.272. The SMILES string of the molecule is COc1cccc([C@H]2N[C@@H](c3cccc(OC)c3)C3C(=O)C2[C@@H](c2cccc(OC)c2)N[C@H]3c2cccc(OC)c2)c1. The van der Waals surface area contributed by atoms with Crippen molar-refractivity contribution >= 4 is 5.78 Å². The molecule has 2 saturated heterocycles. The monoisotopic (exact) mass is 564 g/mol. The van der Waals surface area contributed by atoms with E-state index in [0.717, 1.165) is 45.3 Å². The summed E-state index contributed by atoms with van der Waals surface area (Å²) in [5.74, 6) is 2.41. The number of carbonyl (C=O) groups excluding carboxylic acids is 1. The van der Waals surface area contributed by atoms with E-state index in [1.54, 1.807) is 28.4 Å². The molecule has 4 atom stereocenters. The Morgan fingerprint density at radius 3 is 0.952 bits per heavy atom. The first-order chi connectivity index (χ1) is 20.5. The minimum atomic E-state index is -0.391. The number of nitrogens with one attached hydrogen (secondary N) is 2. The number of rotatable bonds is 8. The normalized spacial score (nSPS) is 25.0. The summed E-state index contributed by atoms with van der Waals surface area (Å²) in [6.07, 6.45) is 0. The average molecular weight is 565 g/mol. The summed E-state index contributed by atoms with van der Waals surface area (Å²) in [6.45, 7) is 0.